The predicted octanol–water partition coefficient (Wildman–Crippen LogP) is 1.05. The van der Waals surface area contributed by atoms with Crippen molar-refractivity contribution in [1.29, 1.82) is 5.26 Å². The highest BCUT2D eigenvalue weighted by atomic mass is 16.4. The van der Waals surface area contributed by atoms with E-state index in [1.54, 1.807) is 25.4 Å². The van der Waals surface area contributed by atoms with E-state index in [1.165, 1.54) is 10.9 Å². The molecule has 0 amide bonds. The molecule has 2 aromatic rings. The summed E-state index contributed by atoms with van der Waals surface area (Å²) >= 11 is 0. The van der Waals surface area contributed by atoms with Gasteiger partial charge in [-0.25, -0.2) is 4.79 Å². The van der Waals surface area contributed by atoms with Gasteiger partial charge in [0.2, 0.25) is 0 Å². The van der Waals surface area contributed by atoms with Gasteiger partial charge >= 0.3 is 5.97 Å². The highest BCUT2D eigenvalue weighted by Gasteiger charge is 2.17. The fraction of sp³-hybridized carbons (Fsp3) is 0.0909. The summed E-state index contributed by atoms with van der Waals surface area (Å²) in [6, 6.07) is 5.13. The number of hydrogen-bond acceptors (Lipinski definition) is 4. The number of pyridine rings is 1. The van der Waals surface area contributed by atoms with Crippen LogP contribution in [0.15, 0.2) is 24.5 Å². The van der Waals surface area contributed by atoms with Gasteiger partial charge in [-0.1, -0.05) is 0 Å². The minimum absolute atomic E-state index is 0.0512. The maximum atomic E-state index is 11.0. The molecule has 0 spiro atoms. The number of aromatic carboxylic acids is 1. The maximum absolute atomic E-state index is 11.0. The Morgan fingerprint density at radius 1 is 1.53 bits per heavy atom. The van der Waals surface area contributed by atoms with E-state index in [-0.39, 0.29) is 5.69 Å². The number of hydrogen-bond donors (Lipinski definition) is 1. The van der Waals surface area contributed by atoms with Gasteiger partial charge in [-0.3, -0.25) is 9.67 Å². The molecule has 0 unspecified atom stereocenters. The van der Waals surface area contributed by atoms with E-state index in [9.17, 15) is 4.79 Å². The van der Waals surface area contributed by atoms with Crippen molar-refractivity contribution in [3.8, 4) is 17.3 Å². The smallest absolute Gasteiger partial charge is 0.357 e. The number of aryl methyl sites for hydroxylation is 1. The van der Waals surface area contributed by atoms with Crippen molar-refractivity contribution >= 4 is 5.97 Å². The summed E-state index contributed by atoms with van der Waals surface area (Å²) in [5.41, 5.74) is 1.29. The van der Waals surface area contributed by atoms with Gasteiger partial charge in [0.15, 0.2) is 5.69 Å². The van der Waals surface area contributed by atoms with Gasteiger partial charge in [-0.05, 0) is 12.1 Å². The van der Waals surface area contributed by atoms with Crippen LogP contribution >= 0.6 is 0 Å². The lowest BCUT2D eigenvalue weighted by atomic mass is 10.1. The number of rotatable bonds is 2. The SMILES string of the molecule is Cn1cc(-c2ccc(C#N)cn2)c(C(=O)O)n1. The third-order valence-corrected chi connectivity index (χ3v) is 2.20. The zero-order chi connectivity index (χ0) is 12.4. The number of nitrogens with zero attached hydrogens (tertiary/aromatic N) is 4. The molecule has 84 valence electrons. The summed E-state index contributed by atoms with van der Waals surface area (Å²) in [6.45, 7) is 0. The topological polar surface area (TPSA) is 91.8 Å². The number of aromatic nitrogens is 3. The second-order valence-corrected chi connectivity index (χ2v) is 3.41. The monoisotopic (exact) mass is 228 g/mol. The van der Waals surface area contributed by atoms with E-state index >= 15 is 0 Å². The first-order valence-corrected chi connectivity index (χ1v) is 4.75. The molecule has 0 atom stereocenters. The van der Waals surface area contributed by atoms with Crippen LogP contribution in [-0.4, -0.2) is 25.8 Å². The Balaban J connectivity index is 2.52. The van der Waals surface area contributed by atoms with Crippen LogP contribution in [0.4, 0.5) is 0 Å². The van der Waals surface area contributed by atoms with Crippen molar-refractivity contribution in [3.63, 3.8) is 0 Å². The van der Waals surface area contributed by atoms with Gasteiger partial charge in [0.1, 0.15) is 6.07 Å². The summed E-state index contributed by atoms with van der Waals surface area (Å²) in [6.07, 6.45) is 2.98. The molecule has 0 aliphatic rings. The van der Waals surface area contributed by atoms with Crippen LogP contribution in [-0.2, 0) is 7.05 Å². The number of carboxylic acid groups (broad SMARTS) is 1. The zero-order valence-electron chi connectivity index (χ0n) is 8.95. The maximum Gasteiger partial charge on any atom is 0.357 e. The van der Waals surface area contributed by atoms with E-state index < -0.39 is 5.97 Å². The normalized spacial score (nSPS) is 9.88. The molecule has 0 aromatic carbocycles. The highest BCUT2D eigenvalue weighted by molar-refractivity contribution is 5.93. The van der Waals surface area contributed by atoms with Gasteiger partial charge < -0.3 is 5.11 Å². The molecule has 6 heteroatoms. The van der Waals surface area contributed by atoms with E-state index in [2.05, 4.69) is 10.1 Å². The minimum Gasteiger partial charge on any atom is -0.476 e. The van der Waals surface area contributed by atoms with Gasteiger partial charge in [0.25, 0.3) is 0 Å². The standard InChI is InChI=1S/C11H8N4O2/c1-15-6-8(10(14-15)11(16)17)9-3-2-7(4-12)5-13-9/h2-3,5-6H,1H3,(H,16,17). The average molecular weight is 228 g/mol. The first kappa shape index (κ1) is 10.8. The Kier molecular flexibility index (Phi) is 2.58. The molecule has 0 aliphatic carbocycles. The molecule has 17 heavy (non-hydrogen) atoms. The second-order valence-electron chi connectivity index (χ2n) is 3.41. The van der Waals surface area contributed by atoms with Gasteiger partial charge in [0.05, 0.1) is 16.8 Å². The summed E-state index contributed by atoms with van der Waals surface area (Å²) in [4.78, 5) is 15.0. The molecule has 0 saturated carbocycles. The van der Waals surface area contributed by atoms with Crippen LogP contribution in [0.3, 0.4) is 0 Å². The first-order chi connectivity index (χ1) is 8.11. The van der Waals surface area contributed by atoms with Crippen LogP contribution in [0.5, 0.6) is 0 Å². The van der Waals surface area contributed by atoms with E-state index in [0.717, 1.165) is 0 Å². The lowest BCUT2D eigenvalue weighted by Gasteiger charge is -1.97. The molecule has 0 bridgehead atoms. The Bertz CT molecular complexity index is 607. The third kappa shape index (κ3) is 1.99. The quantitative estimate of drug-likeness (QED) is 0.829. The second kappa shape index (κ2) is 4.06. The number of carboxylic acids is 1. The van der Waals surface area contributed by atoms with Crippen LogP contribution < -0.4 is 0 Å². The van der Waals surface area contributed by atoms with Gasteiger partial charge in [0, 0.05) is 19.4 Å². The van der Waals surface area contributed by atoms with Gasteiger partial charge in [-0.2, -0.15) is 10.4 Å². The van der Waals surface area contributed by atoms with E-state index in [0.29, 0.717) is 16.8 Å². The zero-order valence-corrected chi connectivity index (χ0v) is 8.95. The Labute approximate surface area is 96.8 Å². The van der Waals surface area contributed by atoms with Gasteiger partial charge in [-0.15, -0.1) is 0 Å². The van der Waals surface area contributed by atoms with Crippen molar-refractivity contribution in [3.05, 3.63) is 35.8 Å². The lowest BCUT2D eigenvalue weighted by molar-refractivity contribution is 0.0690. The summed E-state index contributed by atoms with van der Waals surface area (Å²) in [5.74, 6) is -1.10. The number of nitriles is 1. The molecule has 0 aliphatic heterocycles. The molecular formula is C11H8N4O2. The average Bonchev–Trinajstić information content (AvgIpc) is 2.72. The third-order valence-electron chi connectivity index (χ3n) is 2.20. The molecule has 2 heterocycles. The Morgan fingerprint density at radius 2 is 2.29 bits per heavy atom. The van der Waals surface area contributed by atoms with Crippen LogP contribution in [0.2, 0.25) is 0 Å². The van der Waals surface area contributed by atoms with E-state index in [4.69, 9.17) is 10.4 Å². The lowest BCUT2D eigenvalue weighted by Crippen LogP contribution is -2.01. The van der Waals surface area contributed by atoms with Crippen molar-refractivity contribution < 1.29 is 9.90 Å². The van der Waals surface area contributed by atoms with Crippen molar-refractivity contribution in [1.82, 2.24) is 14.8 Å². The van der Waals surface area contributed by atoms with Crippen LogP contribution in [0.1, 0.15) is 16.1 Å². The molecule has 0 saturated heterocycles. The highest BCUT2D eigenvalue weighted by Crippen LogP contribution is 2.20. The van der Waals surface area contributed by atoms with Crippen LogP contribution in [0, 0.1) is 11.3 Å². The molecule has 2 aromatic heterocycles. The molecule has 0 radical (unpaired) electrons. The first-order valence-electron chi connectivity index (χ1n) is 4.75. The molecule has 0 fully saturated rings. The van der Waals surface area contributed by atoms with Crippen molar-refractivity contribution in [2.45, 2.75) is 0 Å². The molecular weight excluding hydrogens is 220 g/mol. The van der Waals surface area contributed by atoms with Crippen molar-refractivity contribution in [2.75, 3.05) is 0 Å². The summed E-state index contributed by atoms with van der Waals surface area (Å²) in [5, 5.41) is 21.5. The Morgan fingerprint density at radius 3 is 2.82 bits per heavy atom. The summed E-state index contributed by atoms with van der Waals surface area (Å²) in [7, 11) is 1.64. The molecule has 2 rings (SSSR count). The summed E-state index contributed by atoms with van der Waals surface area (Å²) < 4.78 is 1.42. The number of carbonyl (C=O) groups is 1. The Hall–Kier alpha value is -2.68. The molecule has 6 nitrogen and oxygen atoms in total. The fourth-order valence-corrected chi connectivity index (χ4v) is 1.45. The minimum atomic E-state index is -1.10. The van der Waals surface area contributed by atoms with Crippen LogP contribution in [0.25, 0.3) is 11.3 Å². The largest absolute Gasteiger partial charge is 0.476 e. The fourth-order valence-electron chi connectivity index (χ4n) is 1.45. The van der Waals surface area contributed by atoms with Crippen molar-refractivity contribution in [2.24, 2.45) is 7.05 Å². The molecule has 1 N–H and O–H groups in total. The predicted molar refractivity (Wildman–Crippen MR) is 58.1 cm³/mol. The van der Waals surface area contributed by atoms with E-state index in [1.807, 2.05) is 6.07 Å².